The van der Waals surface area contributed by atoms with Crippen molar-refractivity contribution in [1.29, 1.82) is 5.26 Å². The Labute approximate surface area is 209 Å². The molecule has 2 aliphatic heterocycles. The Kier molecular flexibility index (Phi) is 6.38. The number of nitriles is 1. The molecule has 2 heterocycles. The highest BCUT2D eigenvalue weighted by Gasteiger charge is 2.54. The van der Waals surface area contributed by atoms with Crippen LogP contribution in [0.2, 0.25) is 0 Å². The number of fused-ring (bicyclic) bond motifs is 1. The molecule has 7 heteroatoms. The minimum Gasteiger partial charge on any atom is -0.390 e. The minimum absolute atomic E-state index is 0.236. The molecule has 2 aliphatic rings. The zero-order chi connectivity index (χ0) is 25.2. The summed E-state index contributed by atoms with van der Waals surface area (Å²) in [5.74, 6) is -1.59. The predicted molar refractivity (Wildman–Crippen MR) is 137 cm³/mol. The lowest BCUT2D eigenvalue weighted by Gasteiger charge is -2.42. The first-order valence-corrected chi connectivity index (χ1v) is 11.9. The Hall–Kier alpha value is -4.25. The molecule has 5 atom stereocenters. The molecule has 2 N–H and O–H groups in total. The molecule has 5 rings (SSSR count). The third kappa shape index (κ3) is 4.17. The van der Waals surface area contributed by atoms with E-state index in [2.05, 4.69) is 11.5 Å². The fourth-order valence-corrected chi connectivity index (χ4v) is 4.94. The summed E-state index contributed by atoms with van der Waals surface area (Å²) in [5, 5.41) is 22.3. The Bertz CT molecular complexity index is 1320. The largest absolute Gasteiger partial charge is 0.390 e. The molecule has 0 bridgehead atoms. The van der Waals surface area contributed by atoms with Gasteiger partial charge in [-0.25, -0.2) is 9.91 Å². The fourth-order valence-electron chi connectivity index (χ4n) is 4.94. The van der Waals surface area contributed by atoms with Gasteiger partial charge < -0.3 is 10.5 Å². The van der Waals surface area contributed by atoms with Crippen LogP contribution in [0.4, 0.5) is 11.4 Å². The SMILES string of the molecule is CC(c1ccccc1)C(O)C1C=CC2C(=O)N(c3ccccc3)C(=O)C2N1Nc1ccc(C#N)cc1. The molecule has 0 saturated carbocycles. The normalized spacial score (nSPS) is 23.1. The van der Waals surface area contributed by atoms with E-state index in [-0.39, 0.29) is 17.7 Å². The van der Waals surface area contributed by atoms with Gasteiger partial charge in [-0.15, -0.1) is 0 Å². The number of hydrogen-bond donors (Lipinski definition) is 2. The molecule has 3 aromatic carbocycles. The van der Waals surface area contributed by atoms with Crippen molar-refractivity contribution in [3.8, 4) is 6.07 Å². The smallest absolute Gasteiger partial charge is 0.254 e. The summed E-state index contributed by atoms with van der Waals surface area (Å²) in [6, 6.07) is 26.1. The maximum atomic E-state index is 13.7. The lowest BCUT2D eigenvalue weighted by molar-refractivity contribution is -0.123. The maximum Gasteiger partial charge on any atom is 0.254 e. The van der Waals surface area contributed by atoms with E-state index in [1.54, 1.807) is 59.6 Å². The molecule has 1 saturated heterocycles. The van der Waals surface area contributed by atoms with Crippen LogP contribution in [0.5, 0.6) is 0 Å². The van der Waals surface area contributed by atoms with Gasteiger partial charge in [-0.3, -0.25) is 9.59 Å². The molecule has 7 nitrogen and oxygen atoms in total. The van der Waals surface area contributed by atoms with Crippen molar-refractivity contribution in [1.82, 2.24) is 5.01 Å². The summed E-state index contributed by atoms with van der Waals surface area (Å²) >= 11 is 0. The van der Waals surface area contributed by atoms with E-state index in [9.17, 15) is 14.7 Å². The van der Waals surface area contributed by atoms with E-state index in [0.29, 0.717) is 16.9 Å². The number of hydrazine groups is 1. The van der Waals surface area contributed by atoms with Crippen LogP contribution in [-0.2, 0) is 9.59 Å². The molecule has 180 valence electrons. The minimum atomic E-state index is -0.871. The molecule has 0 spiro atoms. The summed E-state index contributed by atoms with van der Waals surface area (Å²) in [6.45, 7) is 1.94. The molecular weight excluding hydrogens is 452 g/mol. The number of carbonyl (C=O) groups is 2. The number of carbonyl (C=O) groups excluding carboxylic acids is 2. The van der Waals surface area contributed by atoms with Gasteiger partial charge in [0.05, 0.1) is 35.4 Å². The van der Waals surface area contributed by atoms with E-state index < -0.39 is 24.1 Å². The molecule has 0 aliphatic carbocycles. The molecular formula is C29H26N4O3. The van der Waals surface area contributed by atoms with E-state index >= 15 is 0 Å². The second-order valence-corrected chi connectivity index (χ2v) is 9.09. The number of amides is 2. The van der Waals surface area contributed by atoms with Crippen LogP contribution in [0.15, 0.2) is 97.1 Å². The van der Waals surface area contributed by atoms with Crippen molar-refractivity contribution in [2.45, 2.75) is 31.0 Å². The summed E-state index contributed by atoms with van der Waals surface area (Å²) in [4.78, 5) is 28.3. The Morgan fingerprint density at radius 1 is 0.889 bits per heavy atom. The van der Waals surface area contributed by atoms with Crippen molar-refractivity contribution in [2.75, 3.05) is 10.3 Å². The first kappa shape index (κ1) is 23.5. The van der Waals surface area contributed by atoms with Crippen LogP contribution < -0.4 is 10.3 Å². The summed E-state index contributed by atoms with van der Waals surface area (Å²) in [6.07, 6.45) is 2.68. The molecule has 36 heavy (non-hydrogen) atoms. The molecule has 2 amide bonds. The lowest BCUT2D eigenvalue weighted by Crippen LogP contribution is -2.58. The van der Waals surface area contributed by atoms with Gasteiger partial charge in [0.15, 0.2) is 0 Å². The predicted octanol–water partition coefficient (Wildman–Crippen LogP) is 3.85. The topological polar surface area (TPSA) is 96.7 Å². The van der Waals surface area contributed by atoms with Gasteiger partial charge in [-0.1, -0.05) is 67.6 Å². The summed E-state index contributed by atoms with van der Waals surface area (Å²) < 4.78 is 0. The van der Waals surface area contributed by atoms with Crippen LogP contribution >= 0.6 is 0 Å². The van der Waals surface area contributed by atoms with E-state index in [0.717, 1.165) is 5.56 Å². The number of para-hydroxylation sites is 1. The number of anilines is 2. The van der Waals surface area contributed by atoms with Crippen LogP contribution in [0.1, 0.15) is 24.0 Å². The van der Waals surface area contributed by atoms with Crippen molar-refractivity contribution >= 4 is 23.2 Å². The number of benzene rings is 3. The molecule has 0 radical (unpaired) electrons. The lowest BCUT2D eigenvalue weighted by atomic mass is 9.86. The number of imide groups is 1. The number of hydrogen-bond acceptors (Lipinski definition) is 6. The first-order valence-electron chi connectivity index (χ1n) is 11.9. The quantitative estimate of drug-likeness (QED) is 0.413. The molecule has 5 unspecified atom stereocenters. The van der Waals surface area contributed by atoms with Gasteiger partial charge in [0, 0.05) is 11.6 Å². The van der Waals surface area contributed by atoms with Crippen molar-refractivity contribution in [3.05, 3.63) is 108 Å². The summed E-state index contributed by atoms with van der Waals surface area (Å²) in [7, 11) is 0. The number of nitrogens with zero attached hydrogens (tertiary/aromatic N) is 3. The number of rotatable bonds is 6. The van der Waals surface area contributed by atoms with Gasteiger partial charge in [-0.2, -0.15) is 5.26 Å². The highest BCUT2D eigenvalue weighted by Crippen LogP contribution is 2.37. The van der Waals surface area contributed by atoms with E-state index in [1.165, 1.54) is 4.90 Å². The van der Waals surface area contributed by atoms with Crippen LogP contribution in [0, 0.1) is 17.2 Å². The number of aliphatic hydroxyl groups excluding tert-OH is 1. The fraction of sp³-hybridized carbons (Fsp3) is 0.207. The van der Waals surface area contributed by atoms with Gasteiger partial charge >= 0.3 is 0 Å². The second-order valence-electron chi connectivity index (χ2n) is 9.09. The zero-order valence-corrected chi connectivity index (χ0v) is 19.7. The Morgan fingerprint density at radius 3 is 2.17 bits per heavy atom. The highest BCUT2D eigenvalue weighted by molar-refractivity contribution is 6.24. The third-order valence-electron chi connectivity index (χ3n) is 6.93. The van der Waals surface area contributed by atoms with Crippen molar-refractivity contribution in [2.24, 2.45) is 5.92 Å². The second kappa shape index (κ2) is 9.78. The van der Waals surface area contributed by atoms with Gasteiger partial charge in [0.25, 0.3) is 5.91 Å². The van der Waals surface area contributed by atoms with Gasteiger partial charge in [-0.05, 0) is 42.0 Å². The molecule has 0 aromatic heterocycles. The average molecular weight is 479 g/mol. The first-order chi connectivity index (χ1) is 17.5. The monoisotopic (exact) mass is 478 g/mol. The maximum absolute atomic E-state index is 13.7. The summed E-state index contributed by atoms with van der Waals surface area (Å²) in [5.41, 5.74) is 5.92. The number of aliphatic hydroxyl groups is 1. The Morgan fingerprint density at radius 2 is 1.53 bits per heavy atom. The number of nitrogens with one attached hydrogen (secondary N) is 1. The van der Waals surface area contributed by atoms with Crippen LogP contribution in [0.25, 0.3) is 0 Å². The highest BCUT2D eigenvalue weighted by atomic mass is 16.3. The molecule has 3 aromatic rings. The molecule has 1 fully saturated rings. The zero-order valence-electron chi connectivity index (χ0n) is 19.7. The average Bonchev–Trinajstić information content (AvgIpc) is 3.19. The van der Waals surface area contributed by atoms with Gasteiger partial charge in [0.2, 0.25) is 5.91 Å². The van der Waals surface area contributed by atoms with E-state index in [4.69, 9.17) is 5.26 Å². The van der Waals surface area contributed by atoms with Crippen molar-refractivity contribution in [3.63, 3.8) is 0 Å². The third-order valence-corrected chi connectivity index (χ3v) is 6.93. The van der Waals surface area contributed by atoms with Crippen molar-refractivity contribution < 1.29 is 14.7 Å². The standard InChI is InChI=1S/C29H26N4O3/c1-19(21-8-4-2-5-9-21)27(34)25-17-16-24-26(33(25)31-22-14-12-20(18-30)13-15-22)29(36)32(28(24)35)23-10-6-3-7-11-23/h2-17,19,24-27,31,34H,1H3. The Balaban J connectivity index is 1.52. The van der Waals surface area contributed by atoms with E-state index in [1.807, 2.05) is 49.4 Å². The van der Waals surface area contributed by atoms with Crippen LogP contribution in [-0.4, -0.2) is 40.1 Å². The van der Waals surface area contributed by atoms with Crippen LogP contribution in [0.3, 0.4) is 0 Å². The van der Waals surface area contributed by atoms with Gasteiger partial charge in [0.1, 0.15) is 6.04 Å².